The molecule has 0 spiro atoms. The smallest absolute Gasteiger partial charge is 0.258 e. The molecule has 0 atom stereocenters. The highest BCUT2D eigenvalue weighted by Gasteiger charge is 2.17. The lowest BCUT2D eigenvalue weighted by molar-refractivity contribution is -0.115. The summed E-state index contributed by atoms with van der Waals surface area (Å²) < 4.78 is 6.52. The summed E-state index contributed by atoms with van der Waals surface area (Å²) in [6.45, 7) is 1.69. The average molecular weight is 353 g/mol. The van der Waals surface area contributed by atoms with Gasteiger partial charge < -0.3 is 15.4 Å². The molecule has 0 unspecified atom stereocenters. The monoisotopic (exact) mass is 353 g/mol. The van der Waals surface area contributed by atoms with Crippen molar-refractivity contribution in [3.05, 3.63) is 47.8 Å². The summed E-state index contributed by atoms with van der Waals surface area (Å²) in [5.41, 5.74) is 2.52. The Bertz CT molecular complexity index is 980. The first-order valence-electron chi connectivity index (χ1n) is 8.00. The van der Waals surface area contributed by atoms with E-state index in [9.17, 15) is 9.59 Å². The van der Waals surface area contributed by atoms with Crippen LogP contribution in [0.1, 0.15) is 16.1 Å². The van der Waals surface area contributed by atoms with Crippen LogP contribution in [0.25, 0.3) is 10.9 Å². The lowest BCUT2D eigenvalue weighted by atomic mass is 10.1. The third kappa shape index (κ3) is 3.64. The minimum atomic E-state index is -0.430. The van der Waals surface area contributed by atoms with Gasteiger partial charge in [-0.3, -0.25) is 19.3 Å². The summed E-state index contributed by atoms with van der Waals surface area (Å²) in [5, 5.41) is 10.2. The number of rotatable bonds is 5. The second-order valence-corrected chi connectivity index (χ2v) is 5.78. The number of fused-ring (bicyclic) bond motifs is 1. The first kappa shape index (κ1) is 17.4. The molecule has 26 heavy (non-hydrogen) atoms. The summed E-state index contributed by atoms with van der Waals surface area (Å²) in [6.07, 6.45) is 1.53. The molecule has 1 aromatic carbocycles. The number of aryl methyl sites for hydroxylation is 2. The van der Waals surface area contributed by atoms with E-state index in [1.807, 2.05) is 31.2 Å². The van der Waals surface area contributed by atoms with E-state index in [0.29, 0.717) is 5.69 Å². The zero-order chi connectivity index (χ0) is 18.7. The number of pyridine rings is 1. The number of hydrogen-bond acceptors (Lipinski definition) is 5. The van der Waals surface area contributed by atoms with Crippen LogP contribution in [-0.2, 0) is 11.8 Å². The third-order valence-corrected chi connectivity index (χ3v) is 3.76. The van der Waals surface area contributed by atoms with Gasteiger partial charge in [-0.25, -0.2) is 0 Å². The maximum atomic E-state index is 12.3. The normalized spacial score (nSPS) is 10.6. The Morgan fingerprint density at radius 3 is 2.81 bits per heavy atom. The van der Waals surface area contributed by atoms with Crippen molar-refractivity contribution in [2.45, 2.75) is 6.92 Å². The predicted octanol–water partition coefficient (Wildman–Crippen LogP) is 1.65. The van der Waals surface area contributed by atoms with Crippen LogP contribution in [0.5, 0.6) is 5.88 Å². The van der Waals surface area contributed by atoms with Crippen molar-refractivity contribution in [3.8, 4) is 5.88 Å². The van der Waals surface area contributed by atoms with Gasteiger partial charge in [0.05, 0.1) is 24.9 Å². The van der Waals surface area contributed by atoms with Crippen LogP contribution < -0.4 is 15.4 Å². The first-order valence-corrected chi connectivity index (χ1v) is 8.00. The van der Waals surface area contributed by atoms with Gasteiger partial charge in [0.25, 0.3) is 5.91 Å². The van der Waals surface area contributed by atoms with Gasteiger partial charge in [0.2, 0.25) is 11.8 Å². The molecule has 0 fully saturated rings. The quantitative estimate of drug-likeness (QED) is 0.727. The molecule has 0 radical (unpaired) electrons. The molecule has 134 valence electrons. The number of ether oxygens (including phenoxy) is 1. The van der Waals surface area contributed by atoms with Crippen LogP contribution in [0.2, 0.25) is 0 Å². The summed E-state index contributed by atoms with van der Waals surface area (Å²) in [6, 6.07) is 9.34. The van der Waals surface area contributed by atoms with E-state index in [1.165, 1.54) is 18.0 Å². The van der Waals surface area contributed by atoms with Gasteiger partial charge in [0.1, 0.15) is 5.56 Å². The number of amides is 2. The van der Waals surface area contributed by atoms with Crippen LogP contribution in [-0.4, -0.2) is 40.2 Å². The van der Waals surface area contributed by atoms with Gasteiger partial charge in [-0.1, -0.05) is 18.2 Å². The van der Waals surface area contributed by atoms with E-state index >= 15 is 0 Å². The van der Waals surface area contributed by atoms with Crippen LogP contribution in [0.15, 0.2) is 36.5 Å². The van der Waals surface area contributed by atoms with E-state index < -0.39 is 5.91 Å². The molecule has 0 saturated carbocycles. The maximum absolute atomic E-state index is 12.3. The number of benzene rings is 1. The van der Waals surface area contributed by atoms with Crippen LogP contribution in [0.4, 0.5) is 5.69 Å². The minimum Gasteiger partial charge on any atom is -0.479 e. The maximum Gasteiger partial charge on any atom is 0.258 e. The van der Waals surface area contributed by atoms with Crippen molar-refractivity contribution in [1.29, 1.82) is 0 Å². The molecule has 2 N–H and O–H groups in total. The first-order chi connectivity index (χ1) is 12.5. The van der Waals surface area contributed by atoms with Crippen molar-refractivity contribution < 1.29 is 14.3 Å². The molecule has 0 bridgehead atoms. The number of nitrogens with zero attached hydrogens (tertiary/aromatic N) is 3. The largest absolute Gasteiger partial charge is 0.479 e. The Morgan fingerprint density at radius 2 is 2.04 bits per heavy atom. The van der Waals surface area contributed by atoms with Gasteiger partial charge in [0.15, 0.2) is 0 Å². The highest BCUT2D eigenvalue weighted by Crippen LogP contribution is 2.22. The summed E-state index contributed by atoms with van der Waals surface area (Å²) >= 11 is 0. The summed E-state index contributed by atoms with van der Waals surface area (Å²) in [7, 11) is 3.12. The standard InChI is InChI=1S/C18H19N5O3/c1-11-8-15(12-6-4-5-7-14(12)20-11)21-16(24)9-19-17(25)13-10-23(2)22-18(13)26-3/h4-8,10H,9H2,1-3H3,(H,19,25)(H,20,21,24). The van der Waals surface area contributed by atoms with Gasteiger partial charge in [-0.05, 0) is 19.1 Å². The Labute approximate surface area is 150 Å². The van der Waals surface area contributed by atoms with Crippen molar-refractivity contribution in [2.24, 2.45) is 7.05 Å². The fourth-order valence-electron chi connectivity index (χ4n) is 2.64. The van der Waals surface area contributed by atoms with Crippen LogP contribution >= 0.6 is 0 Å². The zero-order valence-electron chi connectivity index (χ0n) is 14.7. The molecule has 8 nitrogen and oxygen atoms in total. The molecule has 0 aliphatic rings. The second-order valence-electron chi connectivity index (χ2n) is 5.78. The zero-order valence-corrected chi connectivity index (χ0v) is 14.7. The van der Waals surface area contributed by atoms with E-state index in [2.05, 4.69) is 20.7 Å². The Kier molecular flexibility index (Phi) is 4.83. The average Bonchev–Trinajstić information content (AvgIpc) is 3.00. The molecular formula is C18H19N5O3. The fraction of sp³-hybridized carbons (Fsp3) is 0.222. The molecule has 0 aliphatic carbocycles. The summed E-state index contributed by atoms with van der Waals surface area (Å²) in [5.74, 6) is -0.556. The molecule has 8 heteroatoms. The number of methoxy groups -OCH3 is 1. The highest BCUT2D eigenvalue weighted by atomic mass is 16.5. The number of anilines is 1. The SMILES string of the molecule is COc1nn(C)cc1C(=O)NCC(=O)Nc1cc(C)nc2ccccc12. The number of para-hydroxylation sites is 1. The van der Waals surface area contributed by atoms with Crippen LogP contribution in [0.3, 0.4) is 0 Å². The van der Waals surface area contributed by atoms with Crippen molar-refractivity contribution in [2.75, 3.05) is 19.0 Å². The van der Waals surface area contributed by atoms with Gasteiger partial charge in [-0.2, -0.15) is 0 Å². The molecular weight excluding hydrogens is 334 g/mol. The van der Waals surface area contributed by atoms with E-state index in [-0.39, 0.29) is 23.9 Å². The Balaban J connectivity index is 1.69. The molecule has 0 saturated heterocycles. The molecule has 3 rings (SSSR count). The van der Waals surface area contributed by atoms with Crippen molar-refractivity contribution in [3.63, 3.8) is 0 Å². The molecule has 3 aromatic rings. The lowest BCUT2D eigenvalue weighted by Crippen LogP contribution is -2.33. The Morgan fingerprint density at radius 1 is 1.27 bits per heavy atom. The topological polar surface area (TPSA) is 98.1 Å². The van der Waals surface area contributed by atoms with Crippen molar-refractivity contribution >= 4 is 28.4 Å². The summed E-state index contributed by atoms with van der Waals surface area (Å²) in [4.78, 5) is 28.9. The number of carbonyl (C=O) groups is 2. The molecule has 2 heterocycles. The van der Waals surface area contributed by atoms with Gasteiger partial charge in [0, 0.05) is 24.3 Å². The number of hydrogen-bond donors (Lipinski definition) is 2. The Hall–Kier alpha value is -3.42. The van der Waals surface area contributed by atoms with Gasteiger partial charge in [-0.15, -0.1) is 5.10 Å². The molecule has 2 aromatic heterocycles. The predicted molar refractivity (Wildman–Crippen MR) is 97.2 cm³/mol. The second kappa shape index (κ2) is 7.22. The highest BCUT2D eigenvalue weighted by molar-refractivity contribution is 6.04. The van der Waals surface area contributed by atoms with Crippen molar-refractivity contribution in [1.82, 2.24) is 20.1 Å². The fourth-order valence-corrected chi connectivity index (χ4v) is 2.64. The van der Waals surface area contributed by atoms with E-state index in [0.717, 1.165) is 16.6 Å². The van der Waals surface area contributed by atoms with E-state index in [4.69, 9.17) is 4.74 Å². The van der Waals surface area contributed by atoms with E-state index in [1.54, 1.807) is 13.1 Å². The number of nitrogens with one attached hydrogen (secondary N) is 2. The third-order valence-electron chi connectivity index (χ3n) is 3.76. The molecule has 2 amide bonds. The van der Waals surface area contributed by atoms with Crippen LogP contribution in [0, 0.1) is 6.92 Å². The number of carbonyl (C=O) groups excluding carboxylic acids is 2. The minimum absolute atomic E-state index is 0.174. The lowest BCUT2D eigenvalue weighted by Gasteiger charge is -2.10. The van der Waals surface area contributed by atoms with Gasteiger partial charge >= 0.3 is 0 Å². The number of aromatic nitrogens is 3. The molecule has 0 aliphatic heterocycles.